The molecule has 7 heteroatoms. The van der Waals surface area contributed by atoms with Crippen LogP contribution < -0.4 is 10.2 Å². The van der Waals surface area contributed by atoms with Crippen LogP contribution in [0.5, 0.6) is 11.5 Å². The number of halogens is 1. The minimum Gasteiger partial charge on any atom is -0.506 e. The smallest absolute Gasteiger partial charge is 0.204 e. The fourth-order valence-corrected chi connectivity index (χ4v) is 3.16. The number of hydrazone groups is 1. The molecule has 1 aromatic heterocycles. The maximum atomic E-state index is 9.99. The van der Waals surface area contributed by atoms with Gasteiger partial charge in [0.2, 0.25) is 5.13 Å². The van der Waals surface area contributed by atoms with Crippen LogP contribution in [0.4, 0.5) is 5.13 Å². The Hall–Kier alpha value is -2.12. The standard InChI is InChI=1S/C15H12BrN3O2S/c1-21-10-6-9(14(20)11(16)7-10)8-17-19-15-18-12-4-2-3-5-13(12)22-15/h2-8,20H,1H3,(H,18,19)/b17-8-. The number of anilines is 1. The number of para-hydroxylation sites is 1. The highest BCUT2D eigenvalue weighted by Gasteiger charge is 2.07. The Labute approximate surface area is 139 Å². The van der Waals surface area contributed by atoms with Crippen molar-refractivity contribution in [2.24, 2.45) is 5.10 Å². The molecule has 0 unspecified atom stereocenters. The van der Waals surface area contributed by atoms with E-state index in [4.69, 9.17) is 4.74 Å². The topological polar surface area (TPSA) is 66.7 Å². The van der Waals surface area contributed by atoms with Crippen molar-refractivity contribution in [2.75, 3.05) is 12.5 Å². The summed E-state index contributed by atoms with van der Waals surface area (Å²) < 4.78 is 6.80. The molecule has 0 aliphatic carbocycles. The van der Waals surface area contributed by atoms with Crippen LogP contribution in [-0.4, -0.2) is 23.4 Å². The van der Waals surface area contributed by atoms with Crippen LogP contribution >= 0.6 is 27.3 Å². The number of benzene rings is 2. The number of rotatable bonds is 4. The Kier molecular flexibility index (Phi) is 4.26. The third-order valence-electron chi connectivity index (χ3n) is 2.96. The number of nitrogens with one attached hydrogen (secondary N) is 1. The summed E-state index contributed by atoms with van der Waals surface area (Å²) in [6, 6.07) is 11.3. The number of phenolic OH excluding ortho intramolecular Hbond substituents is 1. The number of hydrogen-bond donors (Lipinski definition) is 2. The number of hydrogen-bond acceptors (Lipinski definition) is 6. The predicted octanol–water partition coefficient (Wildman–Crippen LogP) is 4.22. The van der Waals surface area contributed by atoms with E-state index in [1.165, 1.54) is 17.6 Å². The van der Waals surface area contributed by atoms with Gasteiger partial charge in [-0.3, -0.25) is 5.43 Å². The first-order chi connectivity index (χ1) is 10.7. The SMILES string of the molecule is COc1cc(Br)c(O)c(/C=N\Nc2nc3ccccc3s2)c1. The lowest BCUT2D eigenvalue weighted by molar-refractivity contribution is 0.411. The maximum absolute atomic E-state index is 9.99. The Morgan fingerprint density at radius 2 is 2.18 bits per heavy atom. The van der Waals surface area contributed by atoms with Crippen molar-refractivity contribution in [3.63, 3.8) is 0 Å². The zero-order chi connectivity index (χ0) is 15.5. The van der Waals surface area contributed by atoms with Gasteiger partial charge >= 0.3 is 0 Å². The lowest BCUT2D eigenvalue weighted by Gasteiger charge is -2.05. The van der Waals surface area contributed by atoms with E-state index in [2.05, 4.69) is 31.4 Å². The predicted molar refractivity (Wildman–Crippen MR) is 93.2 cm³/mol. The number of aromatic nitrogens is 1. The Morgan fingerprint density at radius 1 is 1.36 bits per heavy atom. The quantitative estimate of drug-likeness (QED) is 0.527. The monoisotopic (exact) mass is 377 g/mol. The minimum absolute atomic E-state index is 0.107. The maximum Gasteiger partial charge on any atom is 0.204 e. The first-order valence-corrected chi connectivity index (χ1v) is 7.99. The van der Waals surface area contributed by atoms with Crippen LogP contribution in [0.2, 0.25) is 0 Å². The molecule has 0 fully saturated rings. The molecule has 0 saturated carbocycles. The summed E-state index contributed by atoms with van der Waals surface area (Å²) in [5.74, 6) is 0.738. The molecule has 0 saturated heterocycles. The number of ether oxygens (including phenoxy) is 1. The van der Waals surface area contributed by atoms with Crippen LogP contribution in [0, 0.1) is 0 Å². The van der Waals surface area contributed by atoms with Crippen molar-refractivity contribution >= 4 is 48.8 Å². The second-order valence-electron chi connectivity index (χ2n) is 4.40. The molecule has 0 bridgehead atoms. The number of fused-ring (bicyclic) bond motifs is 1. The zero-order valence-corrected chi connectivity index (χ0v) is 14.0. The van der Waals surface area contributed by atoms with Crippen molar-refractivity contribution in [3.05, 3.63) is 46.4 Å². The van der Waals surface area contributed by atoms with E-state index in [1.54, 1.807) is 19.2 Å². The molecule has 1 heterocycles. The highest BCUT2D eigenvalue weighted by molar-refractivity contribution is 9.10. The molecular weight excluding hydrogens is 366 g/mol. The lowest BCUT2D eigenvalue weighted by Crippen LogP contribution is -1.92. The molecule has 3 rings (SSSR count). The van der Waals surface area contributed by atoms with Crippen LogP contribution in [0.3, 0.4) is 0 Å². The van der Waals surface area contributed by atoms with E-state index in [-0.39, 0.29) is 5.75 Å². The largest absolute Gasteiger partial charge is 0.506 e. The molecule has 112 valence electrons. The van der Waals surface area contributed by atoms with Crippen molar-refractivity contribution in [3.8, 4) is 11.5 Å². The summed E-state index contributed by atoms with van der Waals surface area (Å²) in [6.07, 6.45) is 1.52. The highest BCUT2D eigenvalue weighted by Crippen LogP contribution is 2.31. The summed E-state index contributed by atoms with van der Waals surface area (Å²) in [5, 5.41) is 14.8. The van der Waals surface area contributed by atoms with E-state index >= 15 is 0 Å². The van der Waals surface area contributed by atoms with Gasteiger partial charge in [0.05, 0.1) is 28.0 Å². The fraction of sp³-hybridized carbons (Fsp3) is 0.0667. The van der Waals surface area contributed by atoms with Gasteiger partial charge in [0, 0.05) is 5.56 Å². The Balaban J connectivity index is 1.81. The summed E-state index contributed by atoms with van der Waals surface area (Å²) in [6.45, 7) is 0. The molecule has 5 nitrogen and oxygen atoms in total. The molecule has 22 heavy (non-hydrogen) atoms. The van der Waals surface area contributed by atoms with Crippen LogP contribution in [0.1, 0.15) is 5.56 Å². The van der Waals surface area contributed by atoms with Crippen molar-refractivity contribution in [1.29, 1.82) is 0 Å². The van der Waals surface area contributed by atoms with E-state index in [9.17, 15) is 5.11 Å². The lowest BCUT2D eigenvalue weighted by atomic mass is 10.2. The second kappa shape index (κ2) is 6.33. The molecule has 0 amide bonds. The molecule has 0 aliphatic rings. The Bertz CT molecular complexity index is 815. The van der Waals surface area contributed by atoms with Crippen LogP contribution in [-0.2, 0) is 0 Å². The summed E-state index contributed by atoms with van der Waals surface area (Å²) in [7, 11) is 1.57. The summed E-state index contributed by atoms with van der Waals surface area (Å²) >= 11 is 4.79. The average Bonchev–Trinajstić information content (AvgIpc) is 2.93. The second-order valence-corrected chi connectivity index (χ2v) is 6.29. The number of methoxy groups -OCH3 is 1. The third kappa shape index (κ3) is 3.05. The number of thiazole rings is 1. The van der Waals surface area contributed by atoms with Crippen molar-refractivity contribution in [1.82, 2.24) is 4.98 Å². The molecule has 0 radical (unpaired) electrons. The van der Waals surface area contributed by atoms with Gasteiger partial charge in [-0.1, -0.05) is 23.5 Å². The van der Waals surface area contributed by atoms with Crippen LogP contribution in [0.15, 0.2) is 46.0 Å². The van der Waals surface area contributed by atoms with Crippen molar-refractivity contribution < 1.29 is 9.84 Å². The molecule has 0 aliphatic heterocycles. The number of phenols is 1. The summed E-state index contributed by atoms with van der Waals surface area (Å²) in [5.41, 5.74) is 4.35. The molecular formula is C15H12BrN3O2S. The molecule has 2 aromatic carbocycles. The number of nitrogens with zero attached hydrogens (tertiary/aromatic N) is 2. The first kappa shape index (κ1) is 14.8. The van der Waals surface area contributed by atoms with Gasteiger partial charge in [0.1, 0.15) is 11.5 Å². The normalized spacial score (nSPS) is 11.2. The van der Waals surface area contributed by atoms with Gasteiger partial charge in [-0.15, -0.1) is 0 Å². The van der Waals surface area contributed by atoms with E-state index in [0.29, 0.717) is 20.9 Å². The van der Waals surface area contributed by atoms with E-state index < -0.39 is 0 Å². The Morgan fingerprint density at radius 3 is 2.95 bits per heavy atom. The van der Waals surface area contributed by atoms with Gasteiger partial charge < -0.3 is 9.84 Å². The van der Waals surface area contributed by atoms with E-state index in [0.717, 1.165) is 10.2 Å². The zero-order valence-electron chi connectivity index (χ0n) is 11.6. The average molecular weight is 378 g/mol. The van der Waals surface area contributed by atoms with E-state index in [1.807, 2.05) is 24.3 Å². The van der Waals surface area contributed by atoms with Crippen LogP contribution in [0.25, 0.3) is 10.2 Å². The van der Waals surface area contributed by atoms with Gasteiger partial charge in [-0.25, -0.2) is 4.98 Å². The van der Waals surface area contributed by atoms with Gasteiger partial charge in [0.25, 0.3) is 0 Å². The minimum atomic E-state index is 0.107. The molecule has 3 aromatic rings. The van der Waals surface area contributed by atoms with Gasteiger partial charge in [-0.2, -0.15) is 5.10 Å². The summed E-state index contributed by atoms with van der Waals surface area (Å²) in [4.78, 5) is 4.41. The third-order valence-corrected chi connectivity index (χ3v) is 4.51. The van der Waals surface area contributed by atoms with Gasteiger partial charge in [0.15, 0.2) is 0 Å². The molecule has 2 N–H and O–H groups in total. The first-order valence-electron chi connectivity index (χ1n) is 6.38. The van der Waals surface area contributed by atoms with Gasteiger partial charge in [-0.05, 0) is 40.2 Å². The number of aromatic hydroxyl groups is 1. The van der Waals surface area contributed by atoms with Crippen molar-refractivity contribution in [2.45, 2.75) is 0 Å². The molecule has 0 atom stereocenters. The fourth-order valence-electron chi connectivity index (χ4n) is 1.89. The highest BCUT2D eigenvalue weighted by atomic mass is 79.9. The molecule has 0 spiro atoms.